The van der Waals surface area contributed by atoms with Crippen LogP contribution in [0.2, 0.25) is 0 Å². The van der Waals surface area contributed by atoms with Crippen LogP contribution in [0.25, 0.3) is 0 Å². The monoisotopic (exact) mass is 220 g/mol. The third-order valence-electron chi connectivity index (χ3n) is 3.01. The summed E-state index contributed by atoms with van der Waals surface area (Å²) in [5, 5.41) is 0. The highest BCUT2D eigenvalue weighted by Crippen LogP contribution is 2.09. The van der Waals surface area contributed by atoms with E-state index >= 15 is 0 Å². The SMILES string of the molecule is O=C1/C=C/CCCC/C=C/CCCCCC1. The Balaban J connectivity index is 2.27. The van der Waals surface area contributed by atoms with Crippen molar-refractivity contribution in [3.63, 3.8) is 0 Å². The predicted octanol–water partition coefficient (Wildman–Crippen LogP) is 4.58. The highest BCUT2D eigenvalue weighted by molar-refractivity contribution is 5.89. The Morgan fingerprint density at radius 1 is 0.688 bits per heavy atom. The maximum Gasteiger partial charge on any atom is 0.155 e. The molecule has 0 aromatic rings. The fraction of sp³-hybridized carbons (Fsp3) is 0.667. The van der Waals surface area contributed by atoms with Crippen molar-refractivity contribution in [3.05, 3.63) is 24.3 Å². The van der Waals surface area contributed by atoms with Crippen molar-refractivity contribution in [3.8, 4) is 0 Å². The minimum absolute atomic E-state index is 0.313. The molecule has 0 saturated carbocycles. The molecule has 1 heteroatoms. The summed E-state index contributed by atoms with van der Waals surface area (Å²) >= 11 is 0. The first kappa shape index (κ1) is 13.2. The van der Waals surface area contributed by atoms with Crippen LogP contribution < -0.4 is 0 Å². The van der Waals surface area contributed by atoms with Crippen LogP contribution in [0.3, 0.4) is 0 Å². The quantitative estimate of drug-likeness (QED) is 0.546. The molecule has 0 fully saturated rings. The number of allylic oxidation sites excluding steroid dienone is 4. The van der Waals surface area contributed by atoms with Gasteiger partial charge in [-0.25, -0.2) is 0 Å². The van der Waals surface area contributed by atoms with Crippen LogP contribution >= 0.6 is 0 Å². The molecule has 0 spiro atoms. The molecule has 90 valence electrons. The Morgan fingerprint density at radius 3 is 2.00 bits per heavy atom. The van der Waals surface area contributed by atoms with Gasteiger partial charge < -0.3 is 0 Å². The molecule has 16 heavy (non-hydrogen) atoms. The first-order chi connectivity index (χ1) is 7.89. The summed E-state index contributed by atoms with van der Waals surface area (Å²) in [5.74, 6) is 0.313. The minimum atomic E-state index is 0.313. The van der Waals surface area contributed by atoms with Crippen molar-refractivity contribution in [2.45, 2.75) is 64.2 Å². The number of hydrogen-bond acceptors (Lipinski definition) is 1. The van der Waals surface area contributed by atoms with Crippen molar-refractivity contribution >= 4 is 5.78 Å². The number of carbonyl (C=O) groups excluding carboxylic acids is 1. The van der Waals surface area contributed by atoms with Crippen LogP contribution in [-0.2, 0) is 4.79 Å². The Morgan fingerprint density at radius 2 is 1.25 bits per heavy atom. The van der Waals surface area contributed by atoms with Gasteiger partial charge in [0.05, 0.1) is 0 Å². The van der Waals surface area contributed by atoms with E-state index in [0.717, 1.165) is 19.3 Å². The van der Waals surface area contributed by atoms with Gasteiger partial charge in [0.25, 0.3) is 0 Å². The molecule has 0 atom stereocenters. The van der Waals surface area contributed by atoms with Gasteiger partial charge in [0.2, 0.25) is 0 Å². The Bertz CT molecular complexity index is 238. The number of hydrogen-bond donors (Lipinski definition) is 0. The lowest BCUT2D eigenvalue weighted by molar-refractivity contribution is -0.114. The molecule has 0 aromatic carbocycles. The zero-order valence-corrected chi connectivity index (χ0v) is 10.3. The van der Waals surface area contributed by atoms with E-state index in [-0.39, 0.29) is 0 Å². The Labute approximate surface area is 99.6 Å². The Hall–Kier alpha value is -0.850. The van der Waals surface area contributed by atoms with E-state index in [2.05, 4.69) is 12.2 Å². The molecule has 0 unspecified atom stereocenters. The molecular weight excluding hydrogens is 196 g/mol. The standard InChI is InChI=1S/C15H24O/c16-15-13-11-9-7-5-3-1-2-4-6-8-10-12-14-15/h1-2,11,13H,3-10,12,14H2/b2-1+,13-11+. The van der Waals surface area contributed by atoms with Gasteiger partial charge in [0.1, 0.15) is 0 Å². The van der Waals surface area contributed by atoms with Crippen LogP contribution in [0.5, 0.6) is 0 Å². The van der Waals surface area contributed by atoms with E-state index in [0.29, 0.717) is 5.78 Å². The second-order valence-corrected chi connectivity index (χ2v) is 4.58. The summed E-state index contributed by atoms with van der Waals surface area (Å²) in [4.78, 5) is 11.4. The van der Waals surface area contributed by atoms with Gasteiger partial charge in [0, 0.05) is 6.42 Å². The molecular formula is C15H24O. The largest absolute Gasteiger partial charge is 0.295 e. The summed E-state index contributed by atoms with van der Waals surface area (Å²) in [6, 6.07) is 0. The zero-order chi connectivity index (χ0) is 11.5. The van der Waals surface area contributed by atoms with Gasteiger partial charge in [0.15, 0.2) is 5.78 Å². The minimum Gasteiger partial charge on any atom is -0.295 e. The lowest BCUT2D eigenvalue weighted by Gasteiger charge is -1.97. The zero-order valence-electron chi connectivity index (χ0n) is 10.3. The van der Waals surface area contributed by atoms with Gasteiger partial charge in [-0.1, -0.05) is 31.1 Å². The molecule has 1 aliphatic rings. The molecule has 0 saturated heterocycles. The molecule has 0 bridgehead atoms. The number of carbonyl (C=O) groups is 1. The van der Waals surface area contributed by atoms with E-state index in [4.69, 9.17) is 0 Å². The van der Waals surface area contributed by atoms with E-state index in [9.17, 15) is 4.79 Å². The molecule has 1 rings (SSSR count). The fourth-order valence-electron chi connectivity index (χ4n) is 1.97. The van der Waals surface area contributed by atoms with E-state index < -0.39 is 0 Å². The topological polar surface area (TPSA) is 17.1 Å². The van der Waals surface area contributed by atoms with E-state index in [1.54, 1.807) is 6.08 Å². The fourth-order valence-corrected chi connectivity index (χ4v) is 1.97. The first-order valence-corrected chi connectivity index (χ1v) is 6.74. The van der Waals surface area contributed by atoms with Gasteiger partial charge in [-0.15, -0.1) is 0 Å². The number of ketones is 1. The highest BCUT2D eigenvalue weighted by Gasteiger charge is 1.97. The smallest absolute Gasteiger partial charge is 0.155 e. The van der Waals surface area contributed by atoms with Gasteiger partial charge in [-0.3, -0.25) is 4.79 Å². The van der Waals surface area contributed by atoms with Crippen molar-refractivity contribution in [1.29, 1.82) is 0 Å². The highest BCUT2D eigenvalue weighted by atomic mass is 16.1. The molecule has 0 N–H and O–H groups in total. The lowest BCUT2D eigenvalue weighted by Crippen LogP contribution is -1.92. The maximum atomic E-state index is 11.4. The average molecular weight is 220 g/mol. The summed E-state index contributed by atoms with van der Waals surface area (Å²) < 4.78 is 0. The molecule has 0 amide bonds. The summed E-state index contributed by atoms with van der Waals surface area (Å²) in [5.41, 5.74) is 0. The van der Waals surface area contributed by atoms with Crippen LogP contribution in [-0.4, -0.2) is 5.78 Å². The van der Waals surface area contributed by atoms with Crippen LogP contribution in [0.15, 0.2) is 24.3 Å². The maximum absolute atomic E-state index is 11.4. The molecule has 1 aliphatic carbocycles. The predicted molar refractivity (Wildman–Crippen MR) is 69.5 cm³/mol. The summed E-state index contributed by atoms with van der Waals surface area (Å²) in [6.07, 6.45) is 19.9. The molecule has 0 heterocycles. The summed E-state index contributed by atoms with van der Waals surface area (Å²) in [7, 11) is 0. The van der Waals surface area contributed by atoms with Crippen LogP contribution in [0, 0.1) is 0 Å². The van der Waals surface area contributed by atoms with E-state index in [1.807, 2.05) is 6.08 Å². The van der Waals surface area contributed by atoms with Crippen molar-refractivity contribution in [1.82, 2.24) is 0 Å². The third-order valence-corrected chi connectivity index (χ3v) is 3.01. The average Bonchev–Trinajstić information content (AvgIpc) is 2.29. The second kappa shape index (κ2) is 9.38. The number of rotatable bonds is 0. The molecule has 0 radical (unpaired) electrons. The van der Waals surface area contributed by atoms with Crippen molar-refractivity contribution < 1.29 is 4.79 Å². The Kier molecular flexibility index (Phi) is 7.75. The van der Waals surface area contributed by atoms with Crippen LogP contribution in [0.4, 0.5) is 0 Å². The lowest BCUT2D eigenvalue weighted by atomic mass is 10.1. The first-order valence-electron chi connectivity index (χ1n) is 6.74. The van der Waals surface area contributed by atoms with Gasteiger partial charge in [-0.05, 0) is 51.0 Å². The van der Waals surface area contributed by atoms with E-state index in [1.165, 1.54) is 44.9 Å². The second-order valence-electron chi connectivity index (χ2n) is 4.58. The van der Waals surface area contributed by atoms with Crippen molar-refractivity contribution in [2.24, 2.45) is 0 Å². The third kappa shape index (κ3) is 7.44. The molecule has 0 aliphatic heterocycles. The van der Waals surface area contributed by atoms with Crippen molar-refractivity contribution in [2.75, 3.05) is 0 Å². The summed E-state index contributed by atoms with van der Waals surface area (Å²) in [6.45, 7) is 0. The van der Waals surface area contributed by atoms with Gasteiger partial charge >= 0.3 is 0 Å². The van der Waals surface area contributed by atoms with Gasteiger partial charge in [-0.2, -0.15) is 0 Å². The molecule has 1 nitrogen and oxygen atoms in total. The molecule has 0 aromatic heterocycles. The normalized spacial score (nSPS) is 25.4. The van der Waals surface area contributed by atoms with Crippen LogP contribution in [0.1, 0.15) is 64.2 Å².